The molecule has 0 saturated heterocycles. The van der Waals surface area contributed by atoms with Crippen LogP contribution in [-0.2, 0) is 13.0 Å². The normalized spacial score (nSPS) is 11.0. The predicted molar refractivity (Wildman–Crippen MR) is 68.9 cm³/mol. The summed E-state index contributed by atoms with van der Waals surface area (Å²) >= 11 is 6.03. The summed E-state index contributed by atoms with van der Waals surface area (Å²) in [6.45, 7) is 5.14. The van der Waals surface area contributed by atoms with Crippen molar-refractivity contribution in [1.29, 1.82) is 5.26 Å². The Morgan fingerprint density at radius 1 is 1.47 bits per heavy atom. The molecule has 0 fully saturated rings. The minimum atomic E-state index is 0.362. The summed E-state index contributed by atoms with van der Waals surface area (Å²) in [5.41, 5.74) is 1.98. The van der Waals surface area contributed by atoms with E-state index in [0.717, 1.165) is 23.0 Å². The van der Waals surface area contributed by atoms with Crippen molar-refractivity contribution < 1.29 is 0 Å². The van der Waals surface area contributed by atoms with E-state index in [1.165, 1.54) is 0 Å². The Morgan fingerprint density at radius 3 is 2.88 bits per heavy atom. The molecule has 0 aliphatic carbocycles. The summed E-state index contributed by atoms with van der Waals surface area (Å²) in [7, 11) is 0. The lowest BCUT2D eigenvalue weighted by Crippen LogP contribution is -2.07. The highest BCUT2D eigenvalue weighted by molar-refractivity contribution is 6.31. The Morgan fingerprint density at radius 2 is 2.24 bits per heavy atom. The Labute approximate surface area is 106 Å². The van der Waals surface area contributed by atoms with Gasteiger partial charge in [0.1, 0.15) is 0 Å². The van der Waals surface area contributed by atoms with Gasteiger partial charge in [0.15, 0.2) is 0 Å². The van der Waals surface area contributed by atoms with E-state index in [9.17, 15) is 0 Å². The highest BCUT2D eigenvalue weighted by atomic mass is 35.5. The summed E-state index contributed by atoms with van der Waals surface area (Å²) in [5.74, 6) is 0.517. The van der Waals surface area contributed by atoms with Gasteiger partial charge in [-0.05, 0) is 23.6 Å². The van der Waals surface area contributed by atoms with Crippen LogP contribution in [0.15, 0.2) is 18.3 Å². The van der Waals surface area contributed by atoms with Crippen molar-refractivity contribution in [2.75, 3.05) is 0 Å². The van der Waals surface area contributed by atoms with Gasteiger partial charge in [-0.1, -0.05) is 25.4 Å². The van der Waals surface area contributed by atoms with E-state index in [1.54, 1.807) is 0 Å². The molecule has 17 heavy (non-hydrogen) atoms. The molecule has 0 amide bonds. The van der Waals surface area contributed by atoms with E-state index in [0.29, 0.717) is 17.4 Å². The topological polar surface area (TPSA) is 41.6 Å². The van der Waals surface area contributed by atoms with Crippen LogP contribution in [0.4, 0.5) is 0 Å². The third kappa shape index (κ3) is 2.42. The van der Waals surface area contributed by atoms with Gasteiger partial charge in [-0.3, -0.25) is 4.68 Å². The zero-order valence-corrected chi connectivity index (χ0v) is 10.7. The van der Waals surface area contributed by atoms with Crippen molar-refractivity contribution in [2.45, 2.75) is 26.8 Å². The van der Waals surface area contributed by atoms with Crippen molar-refractivity contribution in [3.63, 3.8) is 0 Å². The number of benzene rings is 1. The molecular formula is C13H14ClN3. The molecule has 2 rings (SSSR count). The van der Waals surface area contributed by atoms with Gasteiger partial charge in [-0.25, -0.2) is 0 Å². The molecule has 88 valence electrons. The van der Waals surface area contributed by atoms with Gasteiger partial charge in [0.25, 0.3) is 0 Å². The average molecular weight is 248 g/mol. The van der Waals surface area contributed by atoms with Crippen LogP contribution in [0, 0.1) is 17.2 Å². The van der Waals surface area contributed by atoms with Crippen LogP contribution in [0.5, 0.6) is 0 Å². The van der Waals surface area contributed by atoms with Crippen molar-refractivity contribution in [1.82, 2.24) is 9.78 Å². The largest absolute Gasteiger partial charge is 0.264 e. The number of rotatable bonds is 3. The molecule has 0 radical (unpaired) electrons. The molecule has 0 aliphatic rings. The first kappa shape index (κ1) is 11.9. The van der Waals surface area contributed by atoms with Crippen molar-refractivity contribution in [2.24, 2.45) is 5.92 Å². The summed E-state index contributed by atoms with van der Waals surface area (Å²) < 4.78 is 1.96. The van der Waals surface area contributed by atoms with Crippen LogP contribution in [0.3, 0.4) is 0 Å². The van der Waals surface area contributed by atoms with E-state index in [2.05, 4.69) is 25.0 Å². The third-order valence-corrected chi connectivity index (χ3v) is 2.80. The maximum Gasteiger partial charge on any atom is 0.0725 e. The average Bonchev–Trinajstić information content (AvgIpc) is 2.60. The SMILES string of the molecule is CC(C)Cn1ncc2cc(Cl)cc(CC#N)c21. The number of fused-ring (bicyclic) bond motifs is 1. The van der Waals surface area contributed by atoms with Crippen molar-refractivity contribution in [3.05, 3.63) is 28.9 Å². The molecule has 3 nitrogen and oxygen atoms in total. The summed E-state index contributed by atoms with van der Waals surface area (Å²) in [6.07, 6.45) is 2.17. The van der Waals surface area contributed by atoms with Crippen LogP contribution in [0.1, 0.15) is 19.4 Å². The number of halogens is 1. The first-order valence-electron chi connectivity index (χ1n) is 5.62. The molecule has 0 spiro atoms. The maximum absolute atomic E-state index is 8.86. The lowest BCUT2D eigenvalue weighted by atomic mass is 10.1. The van der Waals surface area contributed by atoms with E-state index in [1.807, 2.05) is 23.0 Å². The molecule has 1 heterocycles. The molecule has 0 atom stereocenters. The standard InChI is InChI=1S/C13H14ClN3/c1-9(2)8-17-13-10(3-4-15)5-12(14)6-11(13)7-16-17/h5-7,9H,3,8H2,1-2H3. The maximum atomic E-state index is 8.86. The van der Waals surface area contributed by atoms with Gasteiger partial charge in [0.2, 0.25) is 0 Å². The molecule has 1 aromatic heterocycles. The van der Waals surface area contributed by atoms with Crippen LogP contribution in [-0.4, -0.2) is 9.78 Å². The Bertz CT molecular complexity index is 578. The molecule has 0 unspecified atom stereocenters. The van der Waals surface area contributed by atoms with E-state index >= 15 is 0 Å². The number of aromatic nitrogens is 2. The second-order valence-corrected chi connectivity index (χ2v) is 4.99. The molecule has 0 aliphatic heterocycles. The third-order valence-electron chi connectivity index (χ3n) is 2.59. The van der Waals surface area contributed by atoms with Gasteiger partial charge < -0.3 is 0 Å². The summed E-state index contributed by atoms with van der Waals surface area (Å²) in [6, 6.07) is 5.92. The fraction of sp³-hybridized carbons (Fsp3) is 0.385. The van der Waals surface area contributed by atoms with Gasteiger partial charge in [-0.15, -0.1) is 0 Å². The molecule has 2 aromatic rings. The number of hydrogen-bond donors (Lipinski definition) is 0. The Hall–Kier alpha value is -1.53. The molecular weight excluding hydrogens is 234 g/mol. The Balaban J connectivity index is 2.60. The van der Waals surface area contributed by atoms with Crippen molar-refractivity contribution >= 4 is 22.5 Å². The fourth-order valence-corrected chi connectivity index (χ4v) is 2.24. The van der Waals surface area contributed by atoms with Gasteiger partial charge in [0.05, 0.1) is 24.2 Å². The van der Waals surface area contributed by atoms with Crippen molar-refractivity contribution in [3.8, 4) is 6.07 Å². The number of hydrogen-bond acceptors (Lipinski definition) is 2. The zero-order valence-electron chi connectivity index (χ0n) is 9.94. The zero-order chi connectivity index (χ0) is 12.4. The van der Waals surface area contributed by atoms with Gasteiger partial charge in [0, 0.05) is 17.0 Å². The summed E-state index contributed by atoms with van der Waals surface area (Å²) in [5, 5.41) is 14.9. The van der Waals surface area contributed by atoms with Crippen LogP contribution < -0.4 is 0 Å². The molecule has 0 N–H and O–H groups in total. The van der Waals surface area contributed by atoms with Crippen LogP contribution in [0.2, 0.25) is 5.02 Å². The second-order valence-electron chi connectivity index (χ2n) is 4.56. The second kappa shape index (κ2) is 4.77. The van der Waals surface area contributed by atoms with Gasteiger partial charge >= 0.3 is 0 Å². The highest BCUT2D eigenvalue weighted by Gasteiger charge is 2.10. The Kier molecular flexibility index (Phi) is 3.35. The number of nitrogens with zero attached hydrogens (tertiary/aromatic N) is 3. The summed E-state index contributed by atoms with van der Waals surface area (Å²) in [4.78, 5) is 0. The minimum Gasteiger partial charge on any atom is -0.264 e. The molecule has 0 saturated carbocycles. The van der Waals surface area contributed by atoms with Crippen LogP contribution in [0.25, 0.3) is 10.9 Å². The molecule has 0 bridgehead atoms. The molecule has 4 heteroatoms. The highest BCUT2D eigenvalue weighted by Crippen LogP contribution is 2.25. The minimum absolute atomic E-state index is 0.362. The van der Waals surface area contributed by atoms with Gasteiger partial charge in [-0.2, -0.15) is 10.4 Å². The fourth-order valence-electron chi connectivity index (χ4n) is 1.99. The predicted octanol–water partition coefficient (Wildman–Crippen LogP) is 3.41. The van der Waals surface area contributed by atoms with Crippen LogP contribution >= 0.6 is 11.6 Å². The van der Waals surface area contributed by atoms with E-state index in [4.69, 9.17) is 16.9 Å². The lowest BCUT2D eigenvalue weighted by Gasteiger charge is -2.09. The quantitative estimate of drug-likeness (QED) is 0.834. The monoisotopic (exact) mass is 247 g/mol. The smallest absolute Gasteiger partial charge is 0.0725 e. The molecule has 1 aromatic carbocycles. The van der Waals surface area contributed by atoms with E-state index < -0.39 is 0 Å². The first-order valence-corrected chi connectivity index (χ1v) is 6.00. The lowest BCUT2D eigenvalue weighted by molar-refractivity contribution is 0.494. The van der Waals surface area contributed by atoms with E-state index in [-0.39, 0.29) is 0 Å². The first-order chi connectivity index (χ1) is 8.11. The number of nitriles is 1.